The average molecular weight is 676 g/mol. The summed E-state index contributed by atoms with van der Waals surface area (Å²) < 4.78 is 52.6. The molecule has 254 valence electrons. The Kier molecular flexibility index (Phi) is 8.55. The summed E-state index contributed by atoms with van der Waals surface area (Å²) in [7, 11) is 0. The summed E-state index contributed by atoms with van der Waals surface area (Å²) in [6, 6.07) is 18.6. The van der Waals surface area contributed by atoms with E-state index in [4.69, 9.17) is 9.72 Å². The molecule has 4 heterocycles. The fourth-order valence-electron chi connectivity index (χ4n) is 6.35. The lowest BCUT2D eigenvalue weighted by Crippen LogP contribution is -2.39. The number of benzene rings is 3. The van der Waals surface area contributed by atoms with Crippen LogP contribution in [0.3, 0.4) is 0 Å². The van der Waals surface area contributed by atoms with Crippen LogP contribution in [0.25, 0.3) is 44.5 Å². The predicted octanol–water partition coefficient (Wildman–Crippen LogP) is 9.35. The number of hydrogen-bond acceptors (Lipinski definition) is 4. The molecule has 0 atom stereocenters. The van der Waals surface area contributed by atoms with Crippen molar-refractivity contribution < 1.29 is 22.7 Å². The smallest absolute Gasteiger partial charge is 0.410 e. The molecule has 1 amide bonds. The van der Waals surface area contributed by atoms with Crippen LogP contribution in [-0.4, -0.2) is 49.0 Å². The Hall–Kier alpha value is -5.64. The normalized spacial score (nSPS) is 13.5. The van der Waals surface area contributed by atoms with Gasteiger partial charge in [0.2, 0.25) is 0 Å². The molecule has 0 saturated carbocycles. The first kappa shape index (κ1) is 32.9. The third-order valence-electron chi connectivity index (χ3n) is 8.74. The van der Waals surface area contributed by atoms with Crippen molar-refractivity contribution in [3.05, 3.63) is 132 Å². The van der Waals surface area contributed by atoms with E-state index in [1.54, 1.807) is 28.0 Å². The van der Waals surface area contributed by atoms with E-state index in [1.807, 2.05) is 87.1 Å². The van der Waals surface area contributed by atoms with Gasteiger partial charge in [-0.25, -0.2) is 22.9 Å². The summed E-state index contributed by atoms with van der Waals surface area (Å²) in [6.07, 6.45) is 9.32. The second-order valence-electron chi connectivity index (χ2n) is 13.6. The molecule has 10 heteroatoms. The van der Waals surface area contributed by atoms with Gasteiger partial charge in [0.1, 0.15) is 28.7 Å². The molecule has 0 N–H and O–H groups in total. The third-order valence-corrected chi connectivity index (χ3v) is 8.74. The van der Waals surface area contributed by atoms with Crippen molar-refractivity contribution in [2.45, 2.75) is 46.3 Å². The average Bonchev–Trinajstić information content (AvgIpc) is 3.68. The Bertz CT molecular complexity index is 2260. The molecule has 6 aromatic rings. The number of aryl methyl sites for hydroxylation is 1. The standard InChI is InChI=1S/C40H36F3N5O2/c1-25-7-5-6-8-37(25)48-24-35(30-21-45-47(23-30)22-26-15-31(41)19-32(42)16-26)34-17-29(20-44-38(34)48)28-9-10-33(36(43)18-28)27-11-13-46(14-12-27)39(49)50-40(2,3)4/h5-11,15-21,23-24H,12-14,22H2,1-4H3. The van der Waals surface area contributed by atoms with Gasteiger partial charge >= 0.3 is 6.09 Å². The molecular weight excluding hydrogens is 639 g/mol. The molecule has 1 aliphatic heterocycles. The number of ether oxygens (including phenoxy) is 1. The quantitative estimate of drug-likeness (QED) is 0.177. The van der Waals surface area contributed by atoms with Crippen molar-refractivity contribution in [1.82, 2.24) is 24.2 Å². The second-order valence-corrected chi connectivity index (χ2v) is 13.6. The van der Waals surface area contributed by atoms with Crippen LogP contribution >= 0.6 is 0 Å². The molecule has 0 bridgehead atoms. The van der Waals surface area contributed by atoms with E-state index in [0.29, 0.717) is 36.2 Å². The molecule has 0 radical (unpaired) electrons. The number of fused-ring (bicyclic) bond motifs is 1. The predicted molar refractivity (Wildman–Crippen MR) is 188 cm³/mol. The first-order valence-electron chi connectivity index (χ1n) is 16.4. The molecule has 3 aromatic heterocycles. The molecule has 0 aliphatic carbocycles. The molecule has 1 aliphatic rings. The van der Waals surface area contributed by atoms with E-state index in [1.165, 1.54) is 18.2 Å². The number of halogens is 3. The van der Waals surface area contributed by atoms with Gasteiger partial charge in [-0.15, -0.1) is 0 Å². The SMILES string of the molecule is Cc1ccccc1-n1cc(-c2cnn(Cc3cc(F)cc(F)c3)c2)c2cc(-c3ccc(C4=CCN(C(=O)OC(C)(C)C)CC4)c(F)c3)cnc21. The molecule has 0 spiro atoms. The van der Waals surface area contributed by atoms with Crippen LogP contribution in [0, 0.1) is 24.4 Å². The highest BCUT2D eigenvalue weighted by Gasteiger charge is 2.25. The molecule has 50 heavy (non-hydrogen) atoms. The number of hydrogen-bond donors (Lipinski definition) is 0. The second kappa shape index (κ2) is 13.0. The summed E-state index contributed by atoms with van der Waals surface area (Å²) in [4.78, 5) is 19.0. The van der Waals surface area contributed by atoms with Gasteiger partial charge in [0.15, 0.2) is 0 Å². The van der Waals surface area contributed by atoms with Gasteiger partial charge in [0, 0.05) is 71.1 Å². The first-order chi connectivity index (χ1) is 23.9. The van der Waals surface area contributed by atoms with E-state index >= 15 is 4.39 Å². The molecule has 7 rings (SSSR count). The first-order valence-corrected chi connectivity index (χ1v) is 16.4. The van der Waals surface area contributed by atoms with Crippen LogP contribution in [-0.2, 0) is 11.3 Å². The zero-order chi connectivity index (χ0) is 35.2. The Morgan fingerprint density at radius 3 is 2.36 bits per heavy atom. The van der Waals surface area contributed by atoms with Gasteiger partial charge in [-0.05, 0) is 86.7 Å². The van der Waals surface area contributed by atoms with Crippen LogP contribution in [0.2, 0.25) is 0 Å². The number of para-hydroxylation sites is 1. The minimum Gasteiger partial charge on any atom is -0.444 e. The monoisotopic (exact) mass is 675 g/mol. The van der Waals surface area contributed by atoms with Crippen molar-refractivity contribution in [3.63, 3.8) is 0 Å². The number of nitrogens with zero attached hydrogens (tertiary/aromatic N) is 5. The number of carbonyl (C=O) groups excluding carboxylic acids is 1. The summed E-state index contributed by atoms with van der Waals surface area (Å²) in [5.74, 6) is -1.64. The van der Waals surface area contributed by atoms with Crippen molar-refractivity contribution in [3.8, 4) is 27.9 Å². The summed E-state index contributed by atoms with van der Waals surface area (Å²) in [6.45, 7) is 8.51. The third kappa shape index (κ3) is 6.78. The molecule has 0 unspecified atom stereocenters. The van der Waals surface area contributed by atoms with E-state index in [-0.39, 0.29) is 18.5 Å². The van der Waals surface area contributed by atoms with E-state index in [9.17, 15) is 13.6 Å². The van der Waals surface area contributed by atoms with Gasteiger partial charge in [-0.1, -0.05) is 36.4 Å². The van der Waals surface area contributed by atoms with Crippen molar-refractivity contribution in [1.29, 1.82) is 0 Å². The van der Waals surface area contributed by atoms with Crippen LogP contribution in [0.5, 0.6) is 0 Å². The summed E-state index contributed by atoms with van der Waals surface area (Å²) in [5, 5.41) is 5.33. The Morgan fingerprint density at radius 2 is 1.66 bits per heavy atom. The molecule has 3 aromatic carbocycles. The van der Waals surface area contributed by atoms with E-state index < -0.39 is 17.2 Å². The van der Waals surface area contributed by atoms with Crippen molar-refractivity contribution in [2.24, 2.45) is 0 Å². The fraction of sp³-hybridized carbons (Fsp3) is 0.225. The van der Waals surface area contributed by atoms with Gasteiger partial charge in [0.25, 0.3) is 0 Å². The molecule has 0 fully saturated rings. The van der Waals surface area contributed by atoms with Crippen LogP contribution in [0.15, 0.2) is 97.6 Å². The summed E-state index contributed by atoms with van der Waals surface area (Å²) >= 11 is 0. The topological polar surface area (TPSA) is 65.2 Å². The lowest BCUT2D eigenvalue weighted by atomic mass is 9.96. The Morgan fingerprint density at radius 1 is 0.880 bits per heavy atom. The highest BCUT2D eigenvalue weighted by molar-refractivity contribution is 5.97. The zero-order valence-electron chi connectivity index (χ0n) is 28.3. The number of amides is 1. The maximum Gasteiger partial charge on any atom is 0.410 e. The Balaban J connectivity index is 1.22. The maximum atomic E-state index is 15.7. The zero-order valence-corrected chi connectivity index (χ0v) is 28.3. The molecule has 0 saturated heterocycles. The van der Waals surface area contributed by atoms with Crippen molar-refractivity contribution >= 4 is 22.7 Å². The minimum atomic E-state index is -0.642. The number of pyridine rings is 1. The van der Waals surface area contributed by atoms with Gasteiger partial charge in [-0.2, -0.15) is 5.10 Å². The Labute approximate surface area is 288 Å². The van der Waals surface area contributed by atoms with Crippen LogP contribution < -0.4 is 0 Å². The highest BCUT2D eigenvalue weighted by atomic mass is 19.1. The van der Waals surface area contributed by atoms with E-state index in [0.717, 1.165) is 50.6 Å². The van der Waals surface area contributed by atoms with Crippen LogP contribution in [0.1, 0.15) is 43.9 Å². The lowest BCUT2D eigenvalue weighted by molar-refractivity contribution is 0.0270. The van der Waals surface area contributed by atoms with E-state index in [2.05, 4.69) is 5.10 Å². The number of rotatable bonds is 6. The van der Waals surface area contributed by atoms with Gasteiger partial charge in [-0.3, -0.25) is 4.68 Å². The van der Waals surface area contributed by atoms with Crippen LogP contribution in [0.4, 0.5) is 18.0 Å². The summed E-state index contributed by atoms with van der Waals surface area (Å²) in [5.41, 5.74) is 7.03. The highest BCUT2D eigenvalue weighted by Crippen LogP contribution is 2.36. The van der Waals surface area contributed by atoms with Crippen molar-refractivity contribution in [2.75, 3.05) is 13.1 Å². The molecular formula is C40H36F3N5O2. The van der Waals surface area contributed by atoms with Gasteiger partial charge in [0.05, 0.1) is 12.7 Å². The lowest BCUT2D eigenvalue weighted by Gasteiger charge is -2.29. The molecule has 7 nitrogen and oxygen atoms in total. The van der Waals surface area contributed by atoms with Gasteiger partial charge < -0.3 is 14.2 Å². The fourth-order valence-corrected chi connectivity index (χ4v) is 6.35. The number of carbonyl (C=O) groups is 1. The largest absolute Gasteiger partial charge is 0.444 e. The maximum absolute atomic E-state index is 15.7. The number of aromatic nitrogens is 4. The minimum absolute atomic E-state index is 0.190.